The van der Waals surface area contributed by atoms with Gasteiger partial charge in [-0.05, 0) is 31.2 Å². The smallest absolute Gasteiger partial charge is 0.267 e. The number of hydrogen-bond acceptors (Lipinski definition) is 5. The average Bonchev–Trinajstić information content (AvgIpc) is 2.51. The van der Waals surface area contributed by atoms with Crippen molar-refractivity contribution in [2.45, 2.75) is 6.42 Å². The molecule has 0 unspecified atom stereocenters. The Morgan fingerprint density at radius 1 is 1.50 bits per heavy atom. The predicted molar refractivity (Wildman–Crippen MR) is 84.6 cm³/mol. The van der Waals surface area contributed by atoms with E-state index in [-0.39, 0.29) is 10.6 Å². The van der Waals surface area contributed by atoms with Gasteiger partial charge in [0, 0.05) is 18.4 Å². The number of amides is 2. The first-order valence-corrected chi connectivity index (χ1v) is 6.79. The number of benzene rings is 1. The lowest BCUT2D eigenvalue weighted by Crippen LogP contribution is -2.22. The van der Waals surface area contributed by atoms with E-state index in [0.717, 1.165) is 0 Å². The van der Waals surface area contributed by atoms with Crippen LogP contribution in [0.25, 0.3) is 0 Å². The number of nitriles is 1. The van der Waals surface area contributed by atoms with Crippen LogP contribution in [-0.2, 0) is 9.59 Å². The quantitative estimate of drug-likeness (QED) is 0.300. The first kappa shape index (κ1) is 17.5. The third-order valence-electron chi connectivity index (χ3n) is 2.67. The molecular weight excluding hydrogens is 306 g/mol. The minimum absolute atomic E-state index is 0.211. The number of anilines is 2. The Morgan fingerprint density at radius 3 is 2.77 bits per heavy atom. The zero-order valence-electron chi connectivity index (χ0n) is 11.8. The fourth-order valence-corrected chi connectivity index (χ4v) is 1.71. The molecule has 0 atom stereocenters. The highest BCUT2D eigenvalue weighted by molar-refractivity contribution is 6.33. The highest BCUT2D eigenvalue weighted by atomic mass is 35.5. The van der Waals surface area contributed by atoms with E-state index in [1.54, 1.807) is 12.1 Å². The van der Waals surface area contributed by atoms with Gasteiger partial charge in [0.2, 0.25) is 6.41 Å². The third-order valence-corrected chi connectivity index (χ3v) is 3.00. The Bertz CT molecular complexity index is 624. The van der Waals surface area contributed by atoms with Gasteiger partial charge in [0.05, 0.1) is 10.7 Å². The lowest BCUT2D eigenvalue weighted by atomic mass is 10.2. The number of hydrogen-bond donors (Lipinski definition) is 3. The van der Waals surface area contributed by atoms with E-state index >= 15 is 0 Å². The molecule has 7 nitrogen and oxygen atoms in total. The number of rotatable bonds is 7. The standard InChI is InChI=1S/C14H16ClN5O2/c15-12-6-11(2-3-13(12)18)19-14(22)10(7-17)8-20(9-21)5-1-4-16/h2-3,6,8-9H,1,4-5,16,18H2,(H,19,22)/b10-8-. The Morgan fingerprint density at radius 2 is 2.23 bits per heavy atom. The van der Waals surface area contributed by atoms with Crippen LogP contribution >= 0.6 is 11.6 Å². The Balaban J connectivity index is 2.85. The first-order valence-electron chi connectivity index (χ1n) is 6.41. The second kappa shape index (κ2) is 8.67. The summed E-state index contributed by atoms with van der Waals surface area (Å²) in [6.07, 6.45) is 2.26. The SMILES string of the molecule is N#C/C(=C/N(C=O)CCCN)C(=O)Nc1ccc(N)c(Cl)c1. The molecule has 0 aliphatic heterocycles. The summed E-state index contributed by atoms with van der Waals surface area (Å²) in [6, 6.07) is 6.31. The van der Waals surface area contributed by atoms with E-state index in [9.17, 15) is 9.59 Å². The molecule has 0 fully saturated rings. The fourth-order valence-electron chi connectivity index (χ4n) is 1.53. The summed E-state index contributed by atoms with van der Waals surface area (Å²) in [6.45, 7) is 0.725. The van der Waals surface area contributed by atoms with Crippen molar-refractivity contribution in [1.29, 1.82) is 5.26 Å². The molecule has 0 aromatic heterocycles. The van der Waals surface area contributed by atoms with E-state index in [1.807, 2.05) is 0 Å². The van der Waals surface area contributed by atoms with Crippen molar-refractivity contribution >= 4 is 35.3 Å². The third kappa shape index (κ3) is 5.09. The van der Waals surface area contributed by atoms with E-state index in [4.69, 9.17) is 28.3 Å². The fraction of sp³-hybridized carbons (Fsp3) is 0.214. The van der Waals surface area contributed by atoms with Crippen LogP contribution in [0.5, 0.6) is 0 Å². The van der Waals surface area contributed by atoms with Crippen LogP contribution in [0.3, 0.4) is 0 Å². The van der Waals surface area contributed by atoms with Crippen LogP contribution in [0.2, 0.25) is 5.02 Å². The molecule has 0 saturated carbocycles. The molecule has 0 spiro atoms. The molecule has 0 saturated heterocycles. The van der Waals surface area contributed by atoms with Crippen molar-refractivity contribution in [2.75, 3.05) is 24.1 Å². The van der Waals surface area contributed by atoms with Crippen molar-refractivity contribution < 1.29 is 9.59 Å². The van der Waals surface area contributed by atoms with Gasteiger partial charge in [-0.2, -0.15) is 5.26 Å². The predicted octanol–water partition coefficient (Wildman–Crippen LogP) is 1.08. The first-order chi connectivity index (χ1) is 10.5. The number of nitrogens with two attached hydrogens (primary N) is 2. The summed E-state index contributed by atoms with van der Waals surface area (Å²) in [7, 11) is 0. The maximum Gasteiger partial charge on any atom is 0.267 e. The molecule has 2 amide bonds. The van der Waals surface area contributed by atoms with Gasteiger partial charge in [0.15, 0.2) is 0 Å². The Hall–Kier alpha value is -2.56. The molecule has 0 heterocycles. The van der Waals surface area contributed by atoms with Gasteiger partial charge in [0.1, 0.15) is 11.6 Å². The van der Waals surface area contributed by atoms with Gasteiger partial charge >= 0.3 is 0 Å². The van der Waals surface area contributed by atoms with Gasteiger partial charge in [-0.15, -0.1) is 0 Å². The summed E-state index contributed by atoms with van der Waals surface area (Å²) in [5, 5.41) is 11.8. The zero-order chi connectivity index (χ0) is 16.5. The molecule has 8 heteroatoms. The van der Waals surface area contributed by atoms with E-state index in [0.29, 0.717) is 37.3 Å². The van der Waals surface area contributed by atoms with E-state index < -0.39 is 5.91 Å². The largest absolute Gasteiger partial charge is 0.398 e. The molecule has 116 valence electrons. The van der Waals surface area contributed by atoms with E-state index in [1.165, 1.54) is 23.2 Å². The Labute approximate surface area is 133 Å². The summed E-state index contributed by atoms with van der Waals surface area (Å²) in [5.41, 5.74) is 11.5. The molecule has 1 aromatic carbocycles. The highest BCUT2D eigenvalue weighted by Gasteiger charge is 2.12. The number of nitrogen functional groups attached to an aromatic ring is 1. The second-order valence-corrected chi connectivity index (χ2v) is 4.74. The Kier molecular flexibility index (Phi) is 6.89. The molecular formula is C14H16ClN5O2. The monoisotopic (exact) mass is 321 g/mol. The van der Waals surface area contributed by atoms with Crippen molar-refractivity contribution in [1.82, 2.24) is 4.90 Å². The topological polar surface area (TPSA) is 125 Å². The van der Waals surface area contributed by atoms with Crippen molar-refractivity contribution in [3.8, 4) is 6.07 Å². The number of nitrogens with zero attached hydrogens (tertiary/aromatic N) is 2. The molecule has 1 rings (SSSR count). The van der Waals surface area contributed by atoms with Gasteiger partial charge in [0.25, 0.3) is 5.91 Å². The highest BCUT2D eigenvalue weighted by Crippen LogP contribution is 2.22. The maximum absolute atomic E-state index is 12.0. The normalized spacial score (nSPS) is 10.7. The number of carbonyl (C=O) groups excluding carboxylic acids is 2. The second-order valence-electron chi connectivity index (χ2n) is 4.33. The summed E-state index contributed by atoms with van der Waals surface area (Å²) < 4.78 is 0. The molecule has 0 radical (unpaired) electrons. The van der Waals surface area contributed by atoms with Crippen molar-refractivity contribution in [3.05, 3.63) is 35.0 Å². The van der Waals surface area contributed by atoms with Gasteiger partial charge in [-0.3, -0.25) is 9.59 Å². The van der Waals surface area contributed by atoms with Crippen LogP contribution < -0.4 is 16.8 Å². The minimum Gasteiger partial charge on any atom is -0.398 e. The van der Waals surface area contributed by atoms with Crippen molar-refractivity contribution in [2.24, 2.45) is 5.73 Å². The van der Waals surface area contributed by atoms with Crippen LogP contribution in [0.15, 0.2) is 30.0 Å². The van der Waals surface area contributed by atoms with Crippen LogP contribution in [0.1, 0.15) is 6.42 Å². The van der Waals surface area contributed by atoms with E-state index in [2.05, 4.69) is 5.32 Å². The summed E-state index contributed by atoms with van der Waals surface area (Å²) in [5.74, 6) is -0.650. The molecule has 22 heavy (non-hydrogen) atoms. The van der Waals surface area contributed by atoms with Crippen LogP contribution in [0, 0.1) is 11.3 Å². The molecule has 0 bridgehead atoms. The summed E-state index contributed by atoms with van der Waals surface area (Å²) in [4.78, 5) is 24.1. The van der Waals surface area contributed by atoms with Gasteiger partial charge in [-0.25, -0.2) is 0 Å². The number of nitrogens with one attached hydrogen (secondary N) is 1. The molecule has 0 aliphatic rings. The maximum atomic E-state index is 12.0. The average molecular weight is 322 g/mol. The van der Waals surface area contributed by atoms with Crippen molar-refractivity contribution in [3.63, 3.8) is 0 Å². The van der Waals surface area contributed by atoms with Crippen LogP contribution in [-0.4, -0.2) is 30.3 Å². The van der Waals surface area contributed by atoms with Crippen LogP contribution in [0.4, 0.5) is 11.4 Å². The molecule has 5 N–H and O–H groups in total. The van der Waals surface area contributed by atoms with Gasteiger partial charge in [-0.1, -0.05) is 11.6 Å². The molecule has 1 aromatic rings. The lowest BCUT2D eigenvalue weighted by molar-refractivity contribution is -0.116. The number of carbonyl (C=O) groups is 2. The summed E-state index contributed by atoms with van der Waals surface area (Å²) >= 11 is 5.85. The zero-order valence-corrected chi connectivity index (χ0v) is 12.5. The molecule has 0 aliphatic carbocycles. The minimum atomic E-state index is -0.650. The lowest BCUT2D eigenvalue weighted by Gasteiger charge is -2.12. The van der Waals surface area contributed by atoms with Gasteiger partial charge < -0.3 is 21.7 Å². The number of halogens is 1.